The molecule has 0 aliphatic carbocycles. The number of phenolic OH excluding ortho intramolecular Hbond substituents is 2. The zero-order valence-corrected chi connectivity index (χ0v) is 42.3. The van der Waals surface area contributed by atoms with E-state index in [2.05, 4.69) is 55.7 Å². The lowest BCUT2D eigenvalue weighted by molar-refractivity contribution is -0.144. The number of piperidine rings is 1. The Balaban J connectivity index is 0.765. The van der Waals surface area contributed by atoms with E-state index in [-0.39, 0.29) is 71.2 Å². The zero-order chi connectivity index (χ0) is 51.8. The van der Waals surface area contributed by atoms with Crippen LogP contribution in [0.15, 0.2) is 85.5 Å². The number of ether oxygens (including phenoxy) is 1. The number of primary amides is 1. The molecule has 18 nitrogen and oxygen atoms in total. The van der Waals surface area contributed by atoms with Crippen molar-refractivity contribution in [1.82, 2.24) is 39.4 Å². The zero-order valence-electron chi connectivity index (χ0n) is 41.5. The number of nitrogens with two attached hydrogens (primary N) is 1. The number of phenols is 2. The summed E-state index contributed by atoms with van der Waals surface area (Å²) in [6, 6.07) is 24.9. The number of anilines is 2. The first-order valence-corrected chi connectivity index (χ1v) is 25.6. The van der Waals surface area contributed by atoms with Crippen molar-refractivity contribution in [3.8, 4) is 40.7 Å². The van der Waals surface area contributed by atoms with Crippen LogP contribution in [0, 0.1) is 23.2 Å². The van der Waals surface area contributed by atoms with E-state index < -0.39 is 5.91 Å². The second kappa shape index (κ2) is 21.0. The largest absolute Gasteiger partial charge is 0.508 e. The first-order valence-electron chi connectivity index (χ1n) is 25.2. The van der Waals surface area contributed by atoms with Gasteiger partial charge in [-0.2, -0.15) is 15.2 Å². The minimum absolute atomic E-state index is 0.0393. The fourth-order valence-corrected chi connectivity index (χ4v) is 11.2. The molecule has 4 aliphatic rings. The number of nitriles is 1. The summed E-state index contributed by atoms with van der Waals surface area (Å²) in [6.45, 7) is 13.9. The van der Waals surface area contributed by atoms with Crippen LogP contribution in [0.5, 0.6) is 17.5 Å². The Bertz CT molecular complexity index is 3170. The van der Waals surface area contributed by atoms with Crippen LogP contribution in [0.4, 0.5) is 11.5 Å². The molecule has 3 fully saturated rings. The first-order chi connectivity index (χ1) is 35.8. The average Bonchev–Trinajstić information content (AvgIpc) is 3.84. The van der Waals surface area contributed by atoms with Crippen molar-refractivity contribution in [2.75, 3.05) is 68.8 Å². The van der Waals surface area contributed by atoms with Gasteiger partial charge in [0.2, 0.25) is 17.6 Å². The molecule has 0 radical (unpaired) electrons. The molecule has 19 heteroatoms. The molecule has 0 saturated carbocycles. The second-order valence-corrected chi connectivity index (χ2v) is 20.4. The first kappa shape index (κ1) is 49.8. The predicted molar refractivity (Wildman–Crippen MR) is 280 cm³/mol. The van der Waals surface area contributed by atoms with Crippen LogP contribution in [0.2, 0.25) is 5.02 Å². The summed E-state index contributed by atoms with van der Waals surface area (Å²) in [5.41, 5.74) is 11.2. The fourth-order valence-electron chi connectivity index (χ4n) is 10.9. The molecule has 0 spiro atoms. The highest BCUT2D eigenvalue weighted by molar-refractivity contribution is 6.36. The number of halogens is 1. The quantitative estimate of drug-likeness (QED) is 0.0980. The van der Waals surface area contributed by atoms with Crippen molar-refractivity contribution in [3.05, 3.63) is 119 Å². The lowest BCUT2D eigenvalue weighted by Gasteiger charge is -2.43. The Morgan fingerprint density at radius 1 is 0.932 bits per heavy atom. The lowest BCUT2D eigenvalue weighted by Crippen LogP contribution is -2.55. The maximum Gasteiger partial charge on any atom is 0.318 e. The van der Waals surface area contributed by atoms with Gasteiger partial charge in [0.15, 0.2) is 5.82 Å². The summed E-state index contributed by atoms with van der Waals surface area (Å²) in [7, 11) is 0. The van der Waals surface area contributed by atoms with Gasteiger partial charge in [0.25, 0.3) is 5.91 Å². The maximum absolute atomic E-state index is 13.8. The molecule has 4 aliphatic heterocycles. The van der Waals surface area contributed by atoms with Gasteiger partial charge >= 0.3 is 6.01 Å². The Morgan fingerprint density at radius 2 is 1.69 bits per heavy atom. The minimum atomic E-state index is -0.778. The third-order valence-electron chi connectivity index (χ3n) is 14.9. The summed E-state index contributed by atoms with van der Waals surface area (Å²) in [5, 5.41) is 42.0. The van der Waals surface area contributed by atoms with E-state index in [1.807, 2.05) is 61.2 Å². The molecule has 4 N–H and O–H groups in total. The van der Waals surface area contributed by atoms with E-state index >= 15 is 0 Å². The third-order valence-corrected chi connectivity index (χ3v) is 15.2. The molecule has 6 aromatic rings. The van der Waals surface area contributed by atoms with E-state index in [0.717, 1.165) is 71.6 Å². The molecular formula is C55H59ClN12O6. The molecule has 3 saturated heterocycles. The number of benzene rings is 4. The van der Waals surface area contributed by atoms with Crippen LogP contribution in [-0.4, -0.2) is 132 Å². The number of fused-ring (bicyclic) bond motifs is 2. The van der Waals surface area contributed by atoms with Crippen LogP contribution in [0.3, 0.4) is 0 Å². The van der Waals surface area contributed by atoms with Crippen LogP contribution in [0.25, 0.3) is 27.8 Å². The number of carbonyl (C=O) groups is 3. The molecule has 0 bridgehead atoms. The molecule has 1 atom stereocenters. The lowest BCUT2D eigenvalue weighted by atomic mass is 9.91. The summed E-state index contributed by atoms with van der Waals surface area (Å²) < 4.78 is 7.92. The van der Waals surface area contributed by atoms with Crippen LogP contribution >= 0.6 is 11.6 Å². The minimum Gasteiger partial charge on any atom is -0.508 e. The number of aromatic hydroxyl groups is 2. The van der Waals surface area contributed by atoms with Crippen molar-refractivity contribution in [2.24, 2.45) is 17.6 Å². The number of amides is 3. The Morgan fingerprint density at radius 3 is 2.41 bits per heavy atom. The molecule has 1 unspecified atom stereocenters. The van der Waals surface area contributed by atoms with E-state index in [4.69, 9.17) is 32.0 Å². The van der Waals surface area contributed by atoms with Gasteiger partial charge in [-0.1, -0.05) is 68.4 Å². The molecule has 10 rings (SSSR count). The van der Waals surface area contributed by atoms with E-state index in [9.17, 15) is 29.9 Å². The van der Waals surface area contributed by atoms with Gasteiger partial charge in [-0.05, 0) is 91.2 Å². The number of nitrogens with zero attached hydrogens (tertiary/aromatic N) is 11. The number of carbonyl (C=O) groups excluding carboxylic acids is 3. The third kappa shape index (κ3) is 9.89. The summed E-state index contributed by atoms with van der Waals surface area (Å²) in [4.78, 5) is 59.5. The highest BCUT2D eigenvalue weighted by Gasteiger charge is 2.38. The summed E-state index contributed by atoms with van der Waals surface area (Å²) in [5.74, 6) is -0.162. The van der Waals surface area contributed by atoms with E-state index in [1.165, 1.54) is 16.7 Å². The fraction of sp³-hybridized carbons (Fsp3) is 0.382. The topological polar surface area (TPSA) is 223 Å². The maximum atomic E-state index is 13.8. The highest BCUT2D eigenvalue weighted by Crippen LogP contribution is 2.40. The van der Waals surface area contributed by atoms with Crippen LogP contribution in [-0.2, 0) is 29.1 Å². The van der Waals surface area contributed by atoms with Gasteiger partial charge in [-0.15, -0.1) is 10.2 Å². The second-order valence-electron chi connectivity index (χ2n) is 20.0. The van der Waals surface area contributed by atoms with Gasteiger partial charge in [-0.25, -0.2) is 0 Å². The monoisotopic (exact) mass is 1020 g/mol. The molecule has 382 valence electrons. The van der Waals surface area contributed by atoms with Crippen molar-refractivity contribution < 1.29 is 29.3 Å². The Hall–Kier alpha value is -7.75. The number of likely N-dealkylation sites (tertiary alicyclic amines) is 2. The number of hydrogen-bond donors (Lipinski definition) is 3. The Kier molecular flexibility index (Phi) is 14.1. The number of piperazine rings is 1. The van der Waals surface area contributed by atoms with Gasteiger partial charge < -0.3 is 40.3 Å². The molecule has 3 amide bonds. The Labute approximate surface area is 434 Å². The van der Waals surface area contributed by atoms with Crippen molar-refractivity contribution in [1.29, 1.82) is 5.26 Å². The van der Waals surface area contributed by atoms with Gasteiger partial charge in [0.1, 0.15) is 17.3 Å². The van der Waals surface area contributed by atoms with Crippen molar-refractivity contribution >= 4 is 51.6 Å². The van der Waals surface area contributed by atoms with Gasteiger partial charge in [-0.3, -0.25) is 23.9 Å². The number of rotatable bonds is 14. The summed E-state index contributed by atoms with van der Waals surface area (Å²) >= 11 is 6.79. The van der Waals surface area contributed by atoms with Crippen LogP contribution < -0.4 is 20.3 Å². The smallest absolute Gasteiger partial charge is 0.318 e. The predicted octanol–water partition coefficient (Wildman–Crippen LogP) is 6.59. The van der Waals surface area contributed by atoms with Gasteiger partial charge in [0.05, 0.1) is 48.0 Å². The molecular weight excluding hydrogens is 960 g/mol. The normalized spacial score (nSPS) is 17.5. The number of aromatic nitrogens is 5. The highest BCUT2D eigenvalue weighted by atomic mass is 35.5. The van der Waals surface area contributed by atoms with Crippen molar-refractivity contribution in [3.63, 3.8) is 0 Å². The SMILES string of the molecule is C=CC(=O)N1CCN(c2nc(OCC3CN(C(=O)C4CCN(Cc5ccc(-n6c(C(N)=O)nnc6-c6cc(C(C)C)c(O)cc6O)cc5)CC4)C3)nc3c2CCN(c2cccc4cccc(Cl)c24)C3)CC1CC#N. The molecule has 4 aromatic carbocycles. The molecule has 2 aromatic heterocycles. The van der Waals surface area contributed by atoms with E-state index in [1.54, 1.807) is 11.0 Å². The standard InChI is InChI=1S/C55H59ClN12O6/c1-4-48(71)67-24-23-65(30-39(67)15-19-57)51-40-18-22-64(45-10-6-8-36-7-5-9-43(56)49(36)45)31-44(40)59-55(60-51)74-32-35-28-66(29-35)54(73)37-16-20-63(21-17-37)27-34-11-13-38(14-12-34)68-52(61-62-53(68)50(58)72)42-25-41(33(2)3)46(69)26-47(42)70/h4-14,25-26,33,35,37,39,69-70H,1,15-18,20-24,27-32H2,2-3H3,(H2,58,72). The van der Waals surface area contributed by atoms with Crippen LogP contribution in [0.1, 0.15) is 72.0 Å². The van der Waals surface area contributed by atoms with E-state index in [0.29, 0.717) is 80.7 Å². The molecule has 74 heavy (non-hydrogen) atoms. The summed E-state index contributed by atoms with van der Waals surface area (Å²) in [6.07, 6.45) is 3.65. The average molecular weight is 1020 g/mol. The van der Waals surface area contributed by atoms with Crippen molar-refractivity contribution in [2.45, 2.75) is 64.6 Å². The number of hydrogen-bond acceptors (Lipinski definition) is 14. The molecule has 6 heterocycles. The van der Waals surface area contributed by atoms with Gasteiger partial charge in [0, 0.05) is 86.0 Å².